The number of ether oxygens (including phenoxy) is 1. The van der Waals surface area contributed by atoms with Gasteiger partial charge in [0, 0.05) is 20.6 Å². The number of hydrogen-bond acceptors (Lipinski definition) is 4. The van der Waals surface area contributed by atoms with E-state index in [2.05, 4.69) is 20.1 Å². The second kappa shape index (κ2) is 9.74. The third-order valence-corrected chi connectivity index (χ3v) is 3.96. The maximum absolute atomic E-state index is 5.75. The molecule has 0 saturated heterocycles. The van der Waals surface area contributed by atoms with E-state index in [4.69, 9.17) is 9.15 Å². The second-order valence-electron chi connectivity index (χ2n) is 6.01. The lowest BCUT2D eigenvalue weighted by atomic mass is 10.2. The maximum atomic E-state index is 5.75. The minimum Gasteiger partial charge on any atom is -0.492 e. The summed E-state index contributed by atoms with van der Waals surface area (Å²) in [5, 5.41) is 3.41. The van der Waals surface area contributed by atoms with Crippen LogP contribution in [0.3, 0.4) is 0 Å². The highest BCUT2D eigenvalue weighted by Gasteiger charge is 2.18. The van der Waals surface area contributed by atoms with Gasteiger partial charge < -0.3 is 19.4 Å². The highest BCUT2D eigenvalue weighted by Crippen LogP contribution is 2.17. The van der Waals surface area contributed by atoms with Gasteiger partial charge in [0.05, 0.1) is 18.8 Å². The Morgan fingerprint density at radius 1 is 1.16 bits per heavy atom. The molecular formula is C19H28N4O2. The van der Waals surface area contributed by atoms with Gasteiger partial charge in [0.2, 0.25) is 0 Å². The molecule has 0 fully saturated rings. The van der Waals surface area contributed by atoms with Crippen molar-refractivity contribution in [2.24, 2.45) is 4.99 Å². The second-order valence-corrected chi connectivity index (χ2v) is 6.01. The Hall–Kier alpha value is -2.47. The Morgan fingerprint density at radius 3 is 2.52 bits per heavy atom. The van der Waals surface area contributed by atoms with Gasteiger partial charge in [-0.25, -0.2) is 0 Å². The summed E-state index contributed by atoms with van der Waals surface area (Å²) in [7, 11) is 7.86. The molecule has 0 aliphatic carbocycles. The van der Waals surface area contributed by atoms with Gasteiger partial charge in [0.15, 0.2) is 5.96 Å². The summed E-state index contributed by atoms with van der Waals surface area (Å²) in [5.41, 5.74) is 0. The Morgan fingerprint density at radius 2 is 1.92 bits per heavy atom. The maximum Gasteiger partial charge on any atom is 0.193 e. The molecule has 1 unspecified atom stereocenters. The van der Waals surface area contributed by atoms with Gasteiger partial charge in [-0.1, -0.05) is 18.2 Å². The van der Waals surface area contributed by atoms with Crippen LogP contribution in [-0.4, -0.2) is 63.6 Å². The number of para-hydroxylation sites is 1. The summed E-state index contributed by atoms with van der Waals surface area (Å²) in [5.74, 6) is 2.64. The smallest absolute Gasteiger partial charge is 0.193 e. The van der Waals surface area contributed by atoms with Gasteiger partial charge in [-0.15, -0.1) is 0 Å². The summed E-state index contributed by atoms with van der Waals surface area (Å²) >= 11 is 0. The Balaban J connectivity index is 1.82. The number of nitrogens with one attached hydrogen (secondary N) is 1. The molecule has 2 rings (SSSR count). The van der Waals surface area contributed by atoms with Crippen LogP contribution in [0.5, 0.6) is 5.75 Å². The lowest BCUT2D eigenvalue weighted by Gasteiger charge is -2.27. The lowest BCUT2D eigenvalue weighted by Crippen LogP contribution is -2.44. The SMILES string of the molecule is CN=C(NCC(c1ccco1)N(C)C)N(C)CCOc1ccccc1. The summed E-state index contributed by atoms with van der Waals surface area (Å²) in [6, 6.07) is 13.9. The summed E-state index contributed by atoms with van der Waals surface area (Å²) in [6.45, 7) is 2.04. The topological polar surface area (TPSA) is 53.2 Å². The molecule has 6 nitrogen and oxygen atoms in total. The molecule has 0 amide bonds. The monoisotopic (exact) mass is 344 g/mol. The number of rotatable bonds is 8. The molecule has 0 aliphatic heterocycles. The van der Waals surface area contributed by atoms with Crippen molar-refractivity contribution in [2.45, 2.75) is 6.04 Å². The van der Waals surface area contributed by atoms with Crippen molar-refractivity contribution in [3.8, 4) is 5.75 Å². The van der Waals surface area contributed by atoms with E-state index in [0.717, 1.165) is 24.0 Å². The van der Waals surface area contributed by atoms with Crippen LogP contribution in [0.25, 0.3) is 0 Å². The molecule has 1 atom stereocenters. The molecule has 0 aliphatic rings. The van der Waals surface area contributed by atoms with Crippen molar-refractivity contribution >= 4 is 5.96 Å². The van der Waals surface area contributed by atoms with Gasteiger partial charge >= 0.3 is 0 Å². The van der Waals surface area contributed by atoms with Crippen molar-refractivity contribution in [3.63, 3.8) is 0 Å². The van der Waals surface area contributed by atoms with E-state index in [1.165, 1.54) is 0 Å². The summed E-state index contributed by atoms with van der Waals surface area (Å²) in [4.78, 5) is 8.53. The molecule has 1 N–H and O–H groups in total. The number of nitrogens with zero attached hydrogens (tertiary/aromatic N) is 3. The predicted octanol–water partition coefficient (Wildman–Crippen LogP) is 2.47. The molecule has 0 radical (unpaired) electrons. The third-order valence-electron chi connectivity index (χ3n) is 3.96. The molecule has 6 heteroatoms. The zero-order valence-corrected chi connectivity index (χ0v) is 15.5. The standard InChI is InChI=1S/C19H28N4O2/c1-20-19(21-15-17(22(2)3)18-11-8-13-25-18)23(4)12-14-24-16-9-6-5-7-10-16/h5-11,13,17H,12,14-15H2,1-4H3,(H,20,21). The average molecular weight is 344 g/mol. The highest BCUT2D eigenvalue weighted by molar-refractivity contribution is 5.79. The lowest BCUT2D eigenvalue weighted by molar-refractivity contribution is 0.253. The number of furan rings is 1. The van der Waals surface area contributed by atoms with Crippen LogP contribution in [0.1, 0.15) is 11.8 Å². The van der Waals surface area contributed by atoms with E-state index >= 15 is 0 Å². The van der Waals surface area contributed by atoms with Gasteiger partial charge in [0.1, 0.15) is 18.1 Å². The fourth-order valence-electron chi connectivity index (χ4n) is 2.51. The molecular weight excluding hydrogens is 316 g/mol. The highest BCUT2D eigenvalue weighted by atomic mass is 16.5. The molecule has 2 aromatic rings. The van der Waals surface area contributed by atoms with Crippen molar-refractivity contribution in [1.29, 1.82) is 0 Å². The van der Waals surface area contributed by atoms with E-state index in [9.17, 15) is 0 Å². The van der Waals surface area contributed by atoms with Gasteiger partial charge in [-0.2, -0.15) is 0 Å². The van der Waals surface area contributed by atoms with Crippen molar-refractivity contribution in [1.82, 2.24) is 15.1 Å². The first-order valence-electron chi connectivity index (χ1n) is 8.41. The summed E-state index contributed by atoms with van der Waals surface area (Å²) in [6.07, 6.45) is 1.70. The fourth-order valence-corrected chi connectivity index (χ4v) is 2.51. The van der Waals surface area contributed by atoms with Crippen molar-refractivity contribution in [3.05, 3.63) is 54.5 Å². The first kappa shape index (κ1) is 18.9. The van der Waals surface area contributed by atoms with E-state index < -0.39 is 0 Å². The number of hydrogen-bond donors (Lipinski definition) is 1. The molecule has 0 spiro atoms. The minimum absolute atomic E-state index is 0.140. The van der Waals surface area contributed by atoms with Gasteiger partial charge in [-0.3, -0.25) is 9.89 Å². The fraction of sp³-hybridized carbons (Fsp3) is 0.421. The van der Waals surface area contributed by atoms with Crippen LogP contribution in [0.4, 0.5) is 0 Å². The van der Waals surface area contributed by atoms with E-state index in [1.807, 2.05) is 63.6 Å². The zero-order valence-electron chi connectivity index (χ0n) is 15.5. The van der Waals surface area contributed by atoms with Gasteiger partial charge in [0.25, 0.3) is 0 Å². The predicted molar refractivity (Wildman–Crippen MR) is 101 cm³/mol. The Kier molecular flexibility index (Phi) is 7.35. The molecule has 0 bridgehead atoms. The van der Waals surface area contributed by atoms with Crippen LogP contribution < -0.4 is 10.1 Å². The quantitative estimate of drug-likeness (QED) is 0.589. The van der Waals surface area contributed by atoms with E-state index in [0.29, 0.717) is 13.2 Å². The molecule has 25 heavy (non-hydrogen) atoms. The summed E-state index contributed by atoms with van der Waals surface area (Å²) < 4.78 is 11.3. The van der Waals surface area contributed by atoms with E-state index in [1.54, 1.807) is 13.3 Å². The van der Waals surface area contributed by atoms with Crippen molar-refractivity contribution in [2.75, 3.05) is 47.9 Å². The van der Waals surface area contributed by atoms with Gasteiger partial charge in [-0.05, 0) is 38.4 Å². The minimum atomic E-state index is 0.140. The normalized spacial score (nSPS) is 12.9. The van der Waals surface area contributed by atoms with Crippen LogP contribution in [0, 0.1) is 0 Å². The van der Waals surface area contributed by atoms with Crippen LogP contribution in [0.2, 0.25) is 0 Å². The number of benzene rings is 1. The van der Waals surface area contributed by atoms with Crippen LogP contribution in [0.15, 0.2) is 58.1 Å². The molecule has 0 saturated carbocycles. The number of likely N-dealkylation sites (N-methyl/N-ethyl adjacent to an activating group) is 2. The largest absolute Gasteiger partial charge is 0.492 e. The molecule has 136 valence electrons. The first-order chi connectivity index (χ1) is 12.1. The van der Waals surface area contributed by atoms with Crippen molar-refractivity contribution < 1.29 is 9.15 Å². The molecule has 1 aromatic carbocycles. The Labute approximate surface area is 150 Å². The van der Waals surface area contributed by atoms with Crippen LogP contribution >= 0.6 is 0 Å². The molecule has 1 heterocycles. The van der Waals surface area contributed by atoms with E-state index in [-0.39, 0.29) is 6.04 Å². The Bertz CT molecular complexity index is 626. The zero-order chi connectivity index (χ0) is 18.1. The number of aliphatic imine (C=N–C) groups is 1. The molecule has 1 aromatic heterocycles. The third kappa shape index (κ3) is 5.83. The first-order valence-corrected chi connectivity index (χ1v) is 8.41. The van der Waals surface area contributed by atoms with Crippen LogP contribution in [-0.2, 0) is 0 Å². The average Bonchev–Trinajstić information content (AvgIpc) is 3.13. The number of guanidine groups is 1.